The van der Waals surface area contributed by atoms with Crippen molar-refractivity contribution in [1.82, 2.24) is 4.72 Å². The Hall–Kier alpha value is -1.52. The molecule has 1 saturated heterocycles. The molecule has 31 heavy (non-hydrogen) atoms. The predicted octanol–water partition coefficient (Wildman–Crippen LogP) is 3.84. The SMILES string of the molecule is CC(C)S(=O)(=O)NC1CCC(CNc2ccc(N3CCOCC3)c(C(F)(F)F)c2)CC1. The van der Waals surface area contributed by atoms with Crippen LogP contribution in [-0.2, 0) is 20.9 Å². The maximum atomic E-state index is 13.7. The average Bonchev–Trinajstić information content (AvgIpc) is 2.73. The summed E-state index contributed by atoms with van der Waals surface area (Å²) >= 11 is 0. The summed E-state index contributed by atoms with van der Waals surface area (Å²) < 4.78 is 73.1. The number of rotatable bonds is 7. The van der Waals surface area contributed by atoms with E-state index in [1.54, 1.807) is 24.8 Å². The molecule has 0 atom stereocenters. The molecule has 176 valence electrons. The van der Waals surface area contributed by atoms with E-state index in [-0.39, 0.29) is 11.7 Å². The number of anilines is 2. The van der Waals surface area contributed by atoms with E-state index in [2.05, 4.69) is 10.0 Å². The van der Waals surface area contributed by atoms with Gasteiger partial charge in [0.25, 0.3) is 0 Å². The van der Waals surface area contributed by atoms with Gasteiger partial charge in [-0.3, -0.25) is 0 Å². The Balaban J connectivity index is 1.57. The van der Waals surface area contributed by atoms with Crippen LogP contribution in [0.5, 0.6) is 0 Å². The summed E-state index contributed by atoms with van der Waals surface area (Å²) in [6.45, 7) is 5.60. The first-order valence-corrected chi connectivity index (χ1v) is 12.4. The van der Waals surface area contributed by atoms with Gasteiger partial charge in [-0.1, -0.05) is 0 Å². The molecular weight excluding hydrogens is 431 g/mol. The van der Waals surface area contributed by atoms with Crippen LogP contribution < -0.4 is 14.9 Å². The van der Waals surface area contributed by atoms with Crippen molar-refractivity contribution >= 4 is 21.4 Å². The van der Waals surface area contributed by atoms with Gasteiger partial charge in [0.2, 0.25) is 10.0 Å². The first-order valence-electron chi connectivity index (χ1n) is 10.8. The molecule has 10 heteroatoms. The van der Waals surface area contributed by atoms with Gasteiger partial charge < -0.3 is 15.0 Å². The Labute approximate surface area is 182 Å². The van der Waals surface area contributed by atoms with Gasteiger partial charge in [-0.05, 0) is 63.6 Å². The number of nitrogens with one attached hydrogen (secondary N) is 2. The number of morpholine rings is 1. The number of hydrogen-bond donors (Lipinski definition) is 2. The molecule has 0 amide bonds. The number of alkyl halides is 3. The lowest BCUT2D eigenvalue weighted by Gasteiger charge is -2.32. The van der Waals surface area contributed by atoms with E-state index in [1.807, 2.05) is 0 Å². The van der Waals surface area contributed by atoms with Crippen LogP contribution in [0.15, 0.2) is 18.2 Å². The lowest BCUT2D eigenvalue weighted by Crippen LogP contribution is -2.41. The lowest BCUT2D eigenvalue weighted by molar-refractivity contribution is -0.137. The third kappa shape index (κ3) is 6.49. The molecule has 1 aromatic carbocycles. The smallest absolute Gasteiger partial charge is 0.385 e. The fourth-order valence-corrected chi connectivity index (χ4v) is 5.04. The summed E-state index contributed by atoms with van der Waals surface area (Å²) in [6.07, 6.45) is -1.30. The monoisotopic (exact) mass is 463 g/mol. The van der Waals surface area contributed by atoms with Crippen molar-refractivity contribution < 1.29 is 26.3 Å². The molecule has 1 aliphatic carbocycles. The highest BCUT2D eigenvalue weighted by molar-refractivity contribution is 7.90. The van der Waals surface area contributed by atoms with Gasteiger partial charge >= 0.3 is 6.18 Å². The molecule has 2 aliphatic rings. The molecular formula is C21H32F3N3O3S. The van der Waals surface area contributed by atoms with Gasteiger partial charge in [0, 0.05) is 37.1 Å². The fraction of sp³-hybridized carbons (Fsp3) is 0.714. The zero-order chi connectivity index (χ0) is 22.6. The van der Waals surface area contributed by atoms with Gasteiger partial charge in [-0.2, -0.15) is 13.2 Å². The third-order valence-corrected chi connectivity index (χ3v) is 7.95. The first-order chi connectivity index (χ1) is 14.6. The maximum absolute atomic E-state index is 13.7. The molecule has 2 fully saturated rings. The molecule has 1 aromatic rings. The molecule has 1 heterocycles. The maximum Gasteiger partial charge on any atom is 0.418 e. The Bertz CT molecular complexity index is 832. The highest BCUT2D eigenvalue weighted by Crippen LogP contribution is 2.38. The van der Waals surface area contributed by atoms with Crippen LogP contribution in [-0.4, -0.2) is 52.6 Å². The van der Waals surface area contributed by atoms with Crippen molar-refractivity contribution in [3.8, 4) is 0 Å². The molecule has 0 unspecified atom stereocenters. The predicted molar refractivity (Wildman–Crippen MR) is 116 cm³/mol. The molecule has 1 saturated carbocycles. The highest BCUT2D eigenvalue weighted by atomic mass is 32.2. The third-order valence-electron chi connectivity index (χ3n) is 6.05. The zero-order valence-corrected chi connectivity index (χ0v) is 18.9. The Morgan fingerprint density at radius 2 is 1.77 bits per heavy atom. The summed E-state index contributed by atoms with van der Waals surface area (Å²) in [5, 5.41) is 2.69. The van der Waals surface area contributed by atoms with E-state index in [9.17, 15) is 21.6 Å². The molecule has 3 rings (SSSR count). The van der Waals surface area contributed by atoms with E-state index in [0.29, 0.717) is 44.5 Å². The zero-order valence-electron chi connectivity index (χ0n) is 18.0. The lowest BCUT2D eigenvalue weighted by atomic mass is 9.86. The molecule has 2 N–H and O–H groups in total. The van der Waals surface area contributed by atoms with Gasteiger partial charge in [-0.25, -0.2) is 13.1 Å². The van der Waals surface area contributed by atoms with Crippen molar-refractivity contribution in [3.63, 3.8) is 0 Å². The summed E-state index contributed by atoms with van der Waals surface area (Å²) in [7, 11) is -3.29. The molecule has 1 aliphatic heterocycles. The van der Waals surface area contributed by atoms with Crippen LogP contribution >= 0.6 is 0 Å². The van der Waals surface area contributed by atoms with Crippen LogP contribution in [0.25, 0.3) is 0 Å². The number of ether oxygens (including phenoxy) is 1. The van der Waals surface area contributed by atoms with Gasteiger partial charge in [0.05, 0.1) is 24.0 Å². The second-order valence-corrected chi connectivity index (χ2v) is 10.9. The van der Waals surface area contributed by atoms with Gasteiger partial charge in [-0.15, -0.1) is 0 Å². The number of halogens is 3. The van der Waals surface area contributed by atoms with Crippen LogP contribution in [0.2, 0.25) is 0 Å². The van der Waals surface area contributed by atoms with Crippen molar-refractivity contribution in [2.75, 3.05) is 43.1 Å². The first kappa shape index (κ1) is 24.1. The van der Waals surface area contributed by atoms with E-state index >= 15 is 0 Å². The van der Waals surface area contributed by atoms with E-state index in [0.717, 1.165) is 25.7 Å². The minimum absolute atomic E-state index is 0.0618. The van der Waals surface area contributed by atoms with Crippen molar-refractivity contribution in [2.45, 2.75) is 57.0 Å². The number of benzene rings is 1. The Morgan fingerprint density at radius 1 is 1.13 bits per heavy atom. The van der Waals surface area contributed by atoms with Crippen molar-refractivity contribution in [1.29, 1.82) is 0 Å². The fourth-order valence-electron chi connectivity index (χ4n) is 4.07. The van der Waals surface area contributed by atoms with Crippen LogP contribution in [0.4, 0.5) is 24.5 Å². The second-order valence-electron chi connectivity index (χ2n) is 8.64. The molecule has 0 radical (unpaired) electrons. The average molecular weight is 464 g/mol. The van der Waals surface area contributed by atoms with E-state index in [4.69, 9.17) is 4.74 Å². The van der Waals surface area contributed by atoms with Crippen LogP contribution in [0, 0.1) is 5.92 Å². The number of hydrogen-bond acceptors (Lipinski definition) is 5. The quantitative estimate of drug-likeness (QED) is 0.643. The molecule has 0 bridgehead atoms. The largest absolute Gasteiger partial charge is 0.418 e. The molecule has 6 nitrogen and oxygen atoms in total. The summed E-state index contributed by atoms with van der Waals surface area (Å²) in [4.78, 5) is 1.72. The summed E-state index contributed by atoms with van der Waals surface area (Å²) in [5.74, 6) is 0.299. The van der Waals surface area contributed by atoms with Crippen molar-refractivity contribution in [2.24, 2.45) is 5.92 Å². The van der Waals surface area contributed by atoms with Gasteiger partial charge in [0.15, 0.2) is 0 Å². The number of nitrogens with zero attached hydrogens (tertiary/aromatic N) is 1. The number of sulfonamides is 1. The molecule has 0 spiro atoms. The minimum atomic E-state index is -4.43. The van der Waals surface area contributed by atoms with Crippen LogP contribution in [0.3, 0.4) is 0 Å². The van der Waals surface area contributed by atoms with Gasteiger partial charge in [0.1, 0.15) is 0 Å². The van der Waals surface area contributed by atoms with E-state index in [1.165, 1.54) is 12.1 Å². The summed E-state index contributed by atoms with van der Waals surface area (Å²) in [5.41, 5.74) is 0.0115. The molecule has 0 aromatic heterocycles. The van der Waals surface area contributed by atoms with Crippen molar-refractivity contribution in [3.05, 3.63) is 23.8 Å². The van der Waals surface area contributed by atoms with Crippen LogP contribution in [0.1, 0.15) is 45.1 Å². The standard InChI is InChI=1S/C21H32F3N3O3S/c1-15(2)31(28,29)26-17-5-3-16(4-6-17)14-25-18-7-8-20(19(13-18)21(22,23)24)27-9-11-30-12-10-27/h7-8,13,15-17,25-26H,3-6,9-12,14H2,1-2H3. The topological polar surface area (TPSA) is 70.7 Å². The van der Waals surface area contributed by atoms with E-state index < -0.39 is 27.0 Å². The second kappa shape index (κ2) is 9.95. The summed E-state index contributed by atoms with van der Waals surface area (Å²) in [6, 6.07) is 4.36. The minimum Gasteiger partial charge on any atom is -0.385 e. The Kier molecular flexibility index (Phi) is 7.75. The normalized spacial score (nSPS) is 23.2. The Morgan fingerprint density at radius 3 is 2.35 bits per heavy atom. The highest BCUT2D eigenvalue weighted by Gasteiger charge is 2.35.